The molecular weight excluding hydrogens is 262 g/mol. The van der Waals surface area contributed by atoms with Gasteiger partial charge in [0.2, 0.25) is 5.91 Å². The molecule has 0 bridgehead atoms. The highest BCUT2D eigenvalue weighted by atomic mass is 16.3. The summed E-state index contributed by atoms with van der Waals surface area (Å²) in [5.41, 5.74) is 1.68. The Morgan fingerprint density at radius 1 is 0.905 bits per heavy atom. The maximum Gasteiger partial charge on any atom is 0.228 e. The number of rotatable bonds is 3. The van der Waals surface area contributed by atoms with E-state index in [0.29, 0.717) is 0 Å². The molecule has 0 aliphatic carbocycles. The Balaban J connectivity index is 1.79. The summed E-state index contributed by atoms with van der Waals surface area (Å²) in [5, 5.41) is 14.3. The molecule has 104 valence electrons. The van der Waals surface area contributed by atoms with Crippen molar-refractivity contribution in [2.24, 2.45) is 0 Å². The van der Waals surface area contributed by atoms with E-state index in [1.54, 1.807) is 24.3 Å². The van der Waals surface area contributed by atoms with Crippen LogP contribution in [0.1, 0.15) is 5.56 Å². The van der Waals surface area contributed by atoms with E-state index in [2.05, 4.69) is 5.32 Å². The first kappa shape index (κ1) is 13.2. The van der Waals surface area contributed by atoms with Crippen LogP contribution in [0.2, 0.25) is 0 Å². The molecule has 1 amide bonds. The zero-order chi connectivity index (χ0) is 14.7. The van der Waals surface area contributed by atoms with Crippen LogP contribution in [0.15, 0.2) is 66.7 Å². The highest BCUT2D eigenvalue weighted by Gasteiger charge is 2.06. The maximum atomic E-state index is 12.1. The molecule has 0 saturated heterocycles. The number of fused-ring (bicyclic) bond motifs is 1. The normalized spacial score (nSPS) is 10.5. The van der Waals surface area contributed by atoms with Gasteiger partial charge in [0, 0.05) is 11.1 Å². The van der Waals surface area contributed by atoms with Gasteiger partial charge in [0.05, 0.1) is 6.42 Å². The largest absolute Gasteiger partial charge is 0.508 e. The molecule has 0 heterocycles. The Morgan fingerprint density at radius 2 is 1.62 bits per heavy atom. The molecule has 0 unspecified atom stereocenters. The highest BCUT2D eigenvalue weighted by Crippen LogP contribution is 2.23. The molecule has 0 aliphatic rings. The van der Waals surface area contributed by atoms with Crippen molar-refractivity contribution < 1.29 is 9.90 Å². The number of nitrogens with one attached hydrogen (secondary N) is 1. The average Bonchev–Trinajstić information content (AvgIpc) is 2.50. The van der Waals surface area contributed by atoms with E-state index in [1.807, 2.05) is 42.5 Å². The lowest BCUT2D eigenvalue weighted by atomic mass is 10.1. The van der Waals surface area contributed by atoms with E-state index in [9.17, 15) is 9.90 Å². The summed E-state index contributed by atoms with van der Waals surface area (Å²) in [7, 11) is 0. The summed E-state index contributed by atoms with van der Waals surface area (Å²) in [6.45, 7) is 0. The number of phenolic OH excluding ortho intramolecular Hbond substituents is 1. The number of aromatic hydroxyl groups is 1. The van der Waals surface area contributed by atoms with Crippen molar-refractivity contribution in [3.05, 3.63) is 72.3 Å². The van der Waals surface area contributed by atoms with Gasteiger partial charge in [0.15, 0.2) is 0 Å². The maximum absolute atomic E-state index is 12.1. The summed E-state index contributed by atoms with van der Waals surface area (Å²) in [6, 6.07) is 20.5. The third-order valence-electron chi connectivity index (χ3n) is 3.36. The van der Waals surface area contributed by atoms with E-state index in [0.717, 1.165) is 22.0 Å². The Labute approximate surface area is 122 Å². The fourth-order valence-electron chi connectivity index (χ4n) is 2.33. The zero-order valence-electron chi connectivity index (χ0n) is 11.4. The van der Waals surface area contributed by atoms with Gasteiger partial charge in [-0.15, -0.1) is 0 Å². The molecule has 3 aromatic carbocycles. The smallest absolute Gasteiger partial charge is 0.228 e. The van der Waals surface area contributed by atoms with Crippen LogP contribution < -0.4 is 5.32 Å². The Kier molecular flexibility index (Phi) is 3.56. The molecule has 0 saturated carbocycles. The fourth-order valence-corrected chi connectivity index (χ4v) is 2.33. The Bertz CT molecular complexity index is 773. The first-order chi connectivity index (χ1) is 10.2. The first-order valence-corrected chi connectivity index (χ1v) is 6.78. The van der Waals surface area contributed by atoms with Crippen LogP contribution in [0.4, 0.5) is 5.69 Å². The van der Waals surface area contributed by atoms with Crippen LogP contribution in [0.25, 0.3) is 10.8 Å². The molecular formula is C18H15NO2. The van der Waals surface area contributed by atoms with Crippen molar-refractivity contribution >= 4 is 22.4 Å². The number of carbonyl (C=O) groups is 1. The summed E-state index contributed by atoms with van der Waals surface area (Å²) in [4.78, 5) is 12.1. The number of phenols is 1. The minimum absolute atomic E-state index is 0.0722. The van der Waals surface area contributed by atoms with Crippen molar-refractivity contribution in [2.45, 2.75) is 6.42 Å². The molecule has 21 heavy (non-hydrogen) atoms. The van der Waals surface area contributed by atoms with Crippen molar-refractivity contribution in [1.82, 2.24) is 0 Å². The third-order valence-corrected chi connectivity index (χ3v) is 3.36. The lowest BCUT2D eigenvalue weighted by molar-refractivity contribution is -0.115. The predicted octanol–water partition coefficient (Wildman–Crippen LogP) is 3.73. The monoisotopic (exact) mass is 277 g/mol. The second-order valence-electron chi connectivity index (χ2n) is 4.92. The minimum Gasteiger partial charge on any atom is -0.508 e. The van der Waals surface area contributed by atoms with Crippen LogP contribution in [-0.2, 0) is 11.2 Å². The molecule has 0 spiro atoms. The average molecular weight is 277 g/mol. The number of hydrogen-bond donors (Lipinski definition) is 2. The third kappa shape index (κ3) is 3.03. The van der Waals surface area contributed by atoms with Crippen LogP contribution in [0, 0.1) is 0 Å². The molecule has 3 nitrogen and oxygen atoms in total. The van der Waals surface area contributed by atoms with Gasteiger partial charge in [-0.05, 0) is 29.1 Å². The van der Waals surface area contributed by atoms with E-state index < -0.39 is 0 Å². The van der Waals surface area contributed by atoms with Gasteiger partial charge in [0.1, 0.15) is 5.75 Å². The SMILES string of the molecule is O=C(Cc1ccc(O)cc1)Nc1cccc2ccccc12. The Morgan fingerprint density at radius 3 is 2.43 bits per heavy atom. The molecule has 0 radical (unpaired) electrons. The Hall–Kier alpha value is -2.81. The molecule has 2 N–H and O–H groups in total. The number of carbonyl (C=O) groups excluding carboxylic acids is 1. The van der Waals surface area contributed by atoms with E-state index >= 15 is 0 Å². The van der Waals surface area contributed by atoms with Crippen LogP contribution in [0.5, 0.6) is 5.75 Å². The molecule has 0 atom stereocenters. The number of anilines is 1. The molecule has 3 rings (SSSR count). The summed E-state index contributed by atoms with van der Waals surface area (Å²) in [5.74, 6) is 0.130. The molecule has 0 aromatic heterocycles. The van der Waals surface area contributed by atoms with E-state index in [-0.39, 0.29) is 18.1 Å². The molecule has 0 aliphatic heterocycles. The van der Waals surface area contributed by atoms with Crippen LogP contribution in [0.3, 0.4) is 0 Å². The molecule has 3 aromatic rings. The number of hydrogen-bond acceptors (Lipinski definition) is 2. The van der Waals surface area contributed by atoms with E-state index in [1.165, 1.54) is 0 Å². The highest BCUT2D eigenvalue weighted by molar-refractivity contribution is 6.02. The van der Waals surface area contributed by atoms with Crippen LogP contribution >= 0.6 is 0 Å². The topological polar surface area (TPSA) is 49.3 Å². The first-order valence-electron chi connectivity index (χ1n) is 6.78. The van der Waals surface area contributed by atoms with Gasteiger partial charge in [-0.3, -0.25) is 4.79 Å². The zero-order valence-corrected chi connectivity index (χ0v) is 11.4. The quantitative estimate of drug-likeness (QED) is 0.766. The summed E-state index contributed by atoms with van der Waals surface area (Å²) < 4.78 is 0. The molecule has 0 fully saturated rings. The molecule has 3 heteroatoms. The van der Waals surface area contributed by atoms with Crippen molar-refractivity contribution in [3.63, 3.8) is 0 Å². The van der Waals surface area contributed by atoms with Gasteiger partial charge in [-0.2, -0.15) is 0 Å². The number of benzene rings is 3. The van der Waals surface area contributed by atoms with Gasteiger partial charge < -0.3 is 10.4 Å². The van der Waals surface area contributed by atoms with Crippen molar-refractivity contribution in [2.75, 3.05) is 5.32 Å². The lowest BCUT2D eigenvalue weighted by Gasteiger charge is -2.09. The standard InChI is InChI=1S/C18H15NO2/c20-15-10-8-13(9-11-15)12-18(21)19-17-7-3-5-14-4-1-2-6-16(14)17/h1-11,20H,12H2,(H,19,21). The fraction of sp³-hybridized carbons (Fsp3) is 0.0556. The van der Waals surface area contributed by atoms with Gasteiger partial charge in [-0.25, -0.2) is 0 Å². The second-order valence-corrected chi connectivity index (χ2v) is 4.92. The van der Waals surface area contributed by atoms with Crippen molar-refractivity contribution in [1.29, 1.82) is 0 Å². The summed E-state index contributed by atoms with van der Waals surface area (Å²) in [6.07, 6.45) is 0.281. The number of amides is 1. The van der Waals surface area contributed by atoms with E-state index in [4.69, 9.17) is 0 Å². The summed E-state index contributed by atoms with van der Waals surface area (Å²) >= 11 is 0. The lowest BCUT2D eigenvalue weighted by Crippen LogP contribution is -2.14. The van der Waals surface area contributed by atoms with Gasteiger partial charge in [-0.1, -0.05) is 48.5 Å². The predicted molar refractivity (Wildman–Crippen MR) is 84.4 cm³/mol. The van der Waals surface area contributed by atoms with Crippen LogP contribution in [-0.4, -0.2) is 11.0 Å². The van der Waals surface area contributed by atoms with Gasteiger partial charge >= 0.3 is 0 Å². The van der Waals surface area contributed by atoms with Crippen molar-refractivity contribution in [3.8, 4) is 5.75 Å². The minimum atomic E-state index is -0.0722. The second kappa shape index (κ2) is 5.67. The van der Waals surface area contributed by atoms with Gasteiger partial charge in [0.25, 0.3) is 0 Å².